The lowest BCUT2D eigenvalue weighted by atomic mass is 10.0. The molecule has 3 N–H and O–H groups in total. The lowest BCUT2D eigenvalue weighted by molar-refractivity contribution is -0.137. The zero-order chi connectivity index (χ0) is 12.7. The molecule has 1 aliphatic heterocycles. The molecule has 0 aromatic rings. The maximum absolute atomic E-state index is 11.6. The fraction of sp³-hybridized carbons (Fsp3) is 0.909. The molecule has 1 saturated heterocycles. The molecule has 100 valence electrons. The van der Waals surface area contributed by atoms with Crippen molar-refractivity contribution in [2.75, 3.05) is 40.0 Å². The number of rotatable bonds is 8. The predicted molar refractivity (Wildman–Crippen MR) is 62.7 cm³/mol. The summed E-state index contributed by atoms with van der Waals surface area (Å²) < 4.78 is 10.5. The van der Waals surface area contributed by atoms with Crippen LogP contribution in [0.15, 0.2) is 0 Å². The molecule has 0 radical (unpaired) electrons. The Bertz CT molecular complexity index is 238. The van der Waals surface area contributed by atoms with E-state index in [0.717, 1.165) is 13.1 Å². The number of hydrogen-bond donors (Lipinski definition) is 3. The van der Waals surface area contributed by atoms with Gasteiger partial charge in [-0.05, 0) is 13.3 Å². The molecule has 1 rings (SSSR count). The normalized spacial score (nSPS) is 19.5. The van der Waals surface area contributed by atoms with Gasteiger partial charge in [0.25, 0.3) is 0 Å². The molecule has 6 nitrogen and oxygen atoms in total. The topological polar surface area (TPSA) is 79.8 Å². The van der Waals surface area contributed by atoms with E-state index in [1.54, 1.807) is 7.11 Å². The van der Waals surface area contributed by atoms with Crippen molar-refractivity contribution in [3.05, 3.63) is 0 Å². The van der Waals surface area contributed by atoms with Gasteiger partial charge in [0.2, 0.25) is 5.91 Å². The van der Waals surface area contributed by atoms with Crippen molar-refractivity contribution in [3.8, 4) is 0 Å². The molecular formula is C11H22N2O4. The number of amides is 1. The van der Waals surface area contributed by atoms with Crippen LogP contribution in [0.4, 0.5) is 0 Å². The molecule has 0 saturated carbocycles. The lowest BCUT2D eigenvalue weighted by Gasteiger charge is -2.38. The van der Waals surface area contributed by atoms with Crippen LogP contribution in [-0.2, 0) is 14.3 Å². The molecule has 0 bridgehead atoms. The molecule has 1 aliphatic rings. The summed E-state index contributed by atoms with van der Waals surface area (Å²) in [4.78, 5) is 11.6. The highest BCUT2D eigenvalue weighted by Gasteiger charge is 2.33. The number of ether oxygens (including phenoxy) is 2. The number of methoxy groups -OCH3 is 1. The third-order valence-corrected chi connectivity index (χ3v) is 2.76. The smallest absolute Gasteiger partial charge is 0.246 e. The Hall–Kier alpha value is -0.690. The molecule has 0 aliphatic carbocycles. The minimum absolute atomic E-state index is 0.0246. The molecule has 1 fully saturated rings. The fourth-order valence-corrected chi connectivity index (χ4v) is 1.64. The summed E-state index contributed by atoms with van der Waals surface area (Å²) >= 11 is 0. The SMILES string of the molecule is COCC(CCO)NC(=O)COC1(C)CNC1. The molecule has 17 heavy (non-hydrogen) atoms. The van der Waals surface area contributed by atoms with Gasteiger partial charge >= 0.3 is 0 Å². The third kappa shape index (κ3) is 4.99. The summed E-state index contributed by atoms with van der Waals surface area (Å²) in [5.41, 5.74) is -0.217. The van der Waals surface area contributed by atoms with Gasteiger partial charge in [-0.1, -0.05) is 0 Å². The van der Waals surface area contributed by atoms with E-state index in [2.05, 4.69) is 10.6 Å². The first kappa shape index (κ1) is 14.4. The zero-order valence-corrected chi connectivity index (χ0v) is 10.5. The van der Waals surface area contributed by atoms with E-state index < -0.39 is 0 Å². The third-order valence-electron chi connectivity index (χ3n) is 2.76. The van der Waals surface area contributed by atoms with Crippen LogP contribution in [-0.4, -0.2) is 62.7 Å². The Balaban J connectivity index is 2.21. The summed E-state index contributed by atoms with van der Waals surface area (Å²) in [6, 6.07) is -0.159. The van der Waals surface area contributed by atoms with Crippen LogP contribution in [0, 0.1) is 0 Å². The first-order valence-corrected chi connectivity index (χ1v) is 5.83. The Morgan fingerprint density at radius 3 is 2.76 bits per heavy atom. The van der Waals surface area contributed by atoms with Gasteiger partial charge in [0.15, 0.2) is 0 Å². The maximum Gasteiger partial charge on any atom is 0.246 e. The van der Waals surface area contributed by atoms with E-state index in [9.17, 15) is 4.79 Å². The van der Waals surface area contributed by atoms with Crippen LogP contribution in [0.1, 0.15) is 13.3 Å². The molecule has 1 amide bonds. The van der Waals surface area contributed by atoms with Gasteiger partial charge in [0.05, 0.1) is 18.2 Å². The number of hydrogen-bond acceptors (Lipinski definition) is 5. The highest BCUT2D eigenvalue weighted by atomic mass is 16.5. The minimum Gasteiger partial charge on any atom is -0.396 e. The highest BCUT2D eigenvalue weighted by Crippen LogP contribution is 2.14. The number of carbonyl (C=O) groups excluding carboxylic acids is 1. The monoisotopic (exact) mass is 246 g/mol. The predicted octanol–water partition coefficient (Wildman–Crippen LogP) is -1.12. The second-order valence-electron chi connectivity index (χ2n) is 4.57. The zero-order valence-electron chi connectivity index (χ0n) is 10.5. The van der Waals surface area contributed by atoms with E-state index in [1.165, 1.54) is 0 Å². The lowest BCUT2D eigenvalue weighted by Crippen LogP contribution is -2.59. The summed E-state index contributed by atoms with van der Waals surface area (Å²) in [6.45, 7) is 3.99. The number of carbonyl (C=O) groups is 1. The molecule has 0 aromatic heterocycles. The second-order valence-corrected chi connectivity index (χ2v) is 4.57. The minimum atomic E-state index is -0.217. The van der Waals surface area contributed by atoms with Crippen LogP contribution in [0.25, 0.3) is 0 Å². The maximum atomic E-state index is 11.6. The van der Waals surface area contributed by atoms with Crippen LogP contribution in [0.2, 0.25) is 0 Å². The number of nitrogens with one attached hydrogen (secondary N) is 2. The van der Waals surface area contributed by atoms with E-state index in [4.69, 9.17) is 14.6 Å². The van der Waals surface area contributed by atoms with Crippen LogP contribution < -0.4 is 10.6 Å². The van der Waals surface area contributed by atoms with Gasteiger partial charge in [0.1, 0.15) is 6.61 Å². The largest absolute Gasteiger partial charge is 0.396 e. The molecule has 1 unspecified atom stereocenters. The average Bonchev–Trinajstić information content (AvgIpc) is 2.24. The van der Waals surface area contributed by atoms with Gasteiger partial charge in [-0.15, -0.1) is 0 Å². The van der Waals surface area contributed by atoms with Crippen molar-refractivity contribution in [3.63, 3.8) is 0 Å². The highest BCUT2D eigenvalue weighted by molar-refractivity contribution is 5.77. The molecule has 0 aromatic carbocycles. The van der Waals surface area contributed by atoms with Crippen molar-refractivity contribution >= 4 is 5.91 Å². The van der Waals surface area contributed by atoms with Crippen molar-refractivity contribution in [2.45, 2.75) is 25.0 Å². The summed E-state index contributed by atoms with van der Waals surface area (Å²) in [5.74, 6) is -0.173. The van der Waals surface area contributed by atoms with Gasteiger partial charge in [0, 0.05) is 26.8 Å². The first-order chi connectivity index (χ1) is 8.09. The second kappa shape index (κ2) is 6.90. The van der Waals surface area contributed by atoms with E-state index >= 15 is 0 Å². The number of aliphatic hydroxyl groups excluding tert-OH is 1. The molecular weight excluding hydrogens is 224 g/mol. The van der Waals surface area contributed by atoms with Crippen molar-refractivity contribution < 1.29 is 19.4 Å². The van der Waals surface area contributed by atoms with Crippen LogP contribution in [0.5, 0.6) is 0 Å². The summed E-state index contributed by atoms with van der Waals surface area (Å²) in [5, 5.41) is 14.7. The Morgan fingerprint density at radius 1 is 1.59 bits per heavy atom. The van der Waals surface area contributed by atoms with E-state index in [-0.39, 0.29) is 30.8 Å². The standard InChI is InChI=1S/C11H22N2O4/c1-11(7-12-8-11)17-6-10(15)13-9(3-4-14)5-16-2/h9,12,14H,3-8H2,1-2H3,(H,13,15). The Kier molecular flexibility index (Phi) is 5.84. The Labute approximate surface area is 102 Å². The van der Waals surface area contributed by atoms with E-state index in [1.807, 2.05) is 6.92 Å². The van der Waals surface area contributed by atoms with Gasteiger partial charge in [-0.3, -0.25) is 4.79 Å². The molecule has 6 heteroatoms. The molecule has 1 heterocycles. The van der Waals surface area contributed by atoms with Crippen LogP contribution in [0.3, 0.4) is 0 Å². The van der Waals surface area contributed by atoms with E-state index in [0.29, 0.717) is 13.0 Å². The quantitative estimate of drug-likeness (QED) is 0.505. The summed E-state index contributed by atoms with van der Waals surface area (Å²) in [6.07, 6.45) is 0.485. The van der Waals surface area contributed by atoms with Gasteiger partial charge in [-0.25, -0.2) is 0 Å². The van der Waals surface area contributed by atoms with Crippen molar-refractivity contribution in [2.24, 2.45) is 0 Å². The average molecular weight is 246 g/mol. The van der Waals surface area contributed by atoms with Gasteiger partial charge < -0.3 is 25.2 Å². The first-order valence-electron chi connectivity index (χ1n) is 5.83. The van der Waals surface area contributed by atoms with Crippen LogP contribution >= 0.6 is 0 Å². The molecule has 0 spiro atoms. The Morgan fingerprint density at radius 2 is 2.29 bits per heavy atom. The summed E-state index contributed by atoms with van der Waals surface area (Å²) in [7, 11) is 1.56. The van der Waals surface area contributed by atoms with Gasteiger partial charge in [-0.2, -0.15) is 0 Å². The van der Waals surface area contributed by atoms with Crippen molar-refractivity contribution in [1.29, 1.82) is 0 Å². The molecule has 1 atom stereocenters. The number of aliphatic hydroxyl groups is 1. The van der Waals surface area contributed by atoms with Crippen molar-refractivity contribution in [1.82, 2.24) is 10.6 Å². The fourth-order valence-electron chi connectivity index (χ4n) is 1.64.